The predicted octanol–water partition coefficient (Wildman–Crippen LogP) is 1.76. The van der Waals surface area contributed by atoms with Crippen LogP contribution in [0.5, 0.6) is 11.5 Å². The second kappa shape index (κ2) is 6.56. The highest BCUT2D eigenvalue weighted by Crippen LogP contribution is 2.21. The molecule has 0 unspecified atom stereocenters. The standard InChI is InChI=1S/C17H19N3O3/c1-23-16-4-2-14(3-5-16)19-6-8-20(9-7-19)17(22)13-10-15(21)12-18-11-13/h2-5,10-12,21H,6-9H2,1H3. The highest BCUT2D eigenvalue weighted by Gasteiger charge is 2.22. The maximum atomic E-state index is 12.4. The molecular weight excluding hydrogens is 294 g/mol. The number of rotatable bonds is 3. The van der Waals surface area contributed by atoms with Crippen molar-refractivity contribution in [3.63, 3.8) is 0 Å². The van der Waals surface area contributed by atoms with E-state index in [1.165, 1.54) is 18.5 Å². The Balaban J connectivity index is 1.62. The van der Waals surface area contributed by atoms with Crippen LogP contribution in [0, 0.1) is 0 Å². The Morgan fingerprint density at radius 2 is 1.83 bits per heavy atom. The summed E-state index contributed by atoms with van der Waals surface area (Å²) in [5.74, 6) is 0.745. The van der Waals surface area contributed by atoms with Gasteiger partial charge >= 0.3 is 0 Å². The molecule has 6 nitrogen and oxygen atoms in total. The summed E-state index contributed by atoms with van der Waals surface area (Å²) in [5.41, 5.74) is 1.54. The molecule has 1 saturated heterocycles. The molecular formula is C17H19N3O3. The number of carbonyl (C=O) groups is 1. The molecule has 0 saturated carbocycles. The third kappa shape index (κ3) is 3.36. The summed E-state index contributed by atoms with van der Waals surface area (Å²) in [6.45, 7) is 2.82. The summed E-state index contributed by atoms with van der Waals surface area (Å²) in [6, 6.07) is 9.37. The van der Waals surface area contributed by atoms with E-state index < -0.39 is 0 Å². The van der Waals surface area contributed by atoms with Crippen LogP contribution in [0.25, 0.3) is 0 Å². The van der Waals surface area contributed by atoms with Gasteiger partial charge < -0.3 is 19.6 Å². The van der Waals surface area contributed by atoms with Crippen LogP contribution in [-0.2, 0) is 0 Å². The van der Waals surface area contributed by atoms with E-state index in [-0.39, 0.29) is 11.7 Å². The summed E-state index contributed by atoms with van der Waals surface area (Å²) < 4.78 is 5.17. The predicted molar refractivity (Wildman–Crippen MR) is 87.0 cm³/mol. The summed E-state index contributed by atoms with van der Waals surface area (Å²) in [7, 11) is 1.65. The molecule has 6 heteroatoms. The van der Waals surface area contributed by atoms with Gasteiger partial charge in [0.15, 0.2) is 0 Å². The molecule has 1 aromatic carbocycles. The normalized spacial score (nSPS) is 14.7. The molecule has 0 radical (unpaired) electrons. The molecule has 2 heterocycles. The molecule has 0 bridgehead atoms. The molecule has 3 rings (SSSR count). The van der Waals surface area contributed by atoms with Gasteiger partial charge in [-0.05, 0) is 30.3 Å². The first-order valence-corrected chi connectivity index (χ1v) is 7.49. The van der Waals surface area contributed by atoms with Gasteiger partial charge in [0.05, 0.1) is 18.9 Å². The molecule has 0 spiro atoms. The summed E-state index contributed by atoms with van der Waals surface area (Å²) in [6.07, 6.45) is 2.80. The van der Waals surface area contributed by atoms with Crippen molar-refractivity contribution in [3.8, 4) is 11.5 Å². The smallest absolute Gasteiger partial charge is 0.255 e. The number of benzene rings is 1. The van der Waals surface area contributed by atoms with Crippen molar-refractivity contribution in [1.82, 2.24) is 9.88 Å². The number of pyridine rings is 1. The average molecular weight is 313 g/mol. The SMILES string of the molecule is COc1ccc(N2CCN(C(=O)c3cncc(O)c3)CC2)cc1. The van der Waals surface area contributed by atoms with Crippen LogP contribution in [0.4, 0.5) is 5.69 Å². The fourth-order valence-electron chi connectivity index (χ4n) is 2.69. The molecule has 1 fully saturated rings. The number of methoxy groups -OCH3 is 1. The lowest BCUT2D eigenvalue weighted by Crippen LogP contribution is -2.48. The first-order valence-electron chi connectivity index (χ1n) is 7.49. The molecule has 1 aliphatic heterocycles. The zero-order chi connectivity index (χ0) is 16.2. The van der Waals surface area contributed by atoms with Crippen molar-refractivity contribution in [3.05, 3.63) is 48.3 Å². The second-order valence-corrected chi connectivity index (χ2v) is 5.41. The lowest BCUT2D eigenvalue weighted by Gasteiger charge is -2.36. The van der Waals surface area contributed by atoms with Crippen molar-refractivity contribution in [2.24, 2.45) is 0 Å². The number of aromatic hydroxyl groups is 1. The van der Waals surface area contributed by atoms with Crippen LogP contribution in [0.2, 0.25) is 0 Å². The van der Waals surface area contributed by atoms with Gasteiger partial charge in [-0.2, -0.15) is 0 Å². The number of ether oxygens (including phenoxy) is 1. The zero-order valence-corrected chi connectivity index (χ0v) is 13.0. The lowest BCUT2D eigenvalue weighted by molar-refractivity contribution is 0.0746. The fraction of sp³-hybridized carbons (Fsp3) is 0.294. The third-order valence-electron chi connectivity index (χ3n) is 3.98. The number of nitrogens with zero attached hydrogens (tertiary/aromatic N) is 3. The minimum atomic E-state index is -0.0946. The van der Waals surface area contributed by atoms with Crippen LogP contribution in [-0.4, -0.2) is 54.2 Å². The number of carbonyl (C=O) groups excluding carboxylic acids is 1. The minimum absolute atomic E-state index is 0.00715. The van der Waals surface area contributed by atoms with Crippen LogP contribution in [0.3, 0.4) is 0 Å². The number of aromatic nitrogens is 1. The number of hydrogen-bond acceptors (Lipinski definition) is 5. The van der Waals surface area contributed by atoms with Crippen molar-refractivity contribution < 1.29 is 14.6 Å². The van der Waals surface area contributed by atoms with Gasteiger partial charge in [0.1, 0.15) is 11.5 Å². The average Bonchev–Trinajstić information content (AvgIpc) is 2.61. The van der Waals surface area contributed by atoms with Crippen molar-refractivity contribution in [2.45, 2.75) is 0 Å². The Labute approximate surface area is 134 Å². The highest BCUT2D eigenvalue weighted by molar-refractivity contribution is 5.94. The molecule has 1 N–H and O–H groups in total. The number of amides is 1. The summed E-state index contributed by atoms with van der Waals surface area (Å²) >= 11 is 0. The molecule has 23 heavy (non-hydrogen) atoms. The fourth-order valence-corrected chi connectivity index (χ4v) is 2.69. The van der Waals surface area contributed by atoms with Gasteiger partial charge in [-0.3, -0.25) is 9.78 Å². The van der Waals surface area contributed by atoms with Gasteiger partial charge in [0, 0.05) is 38.1 Å². The van der Waals surface area contributed by atoms with Crippen LogP contribution < -0.4 is 9.64 Å². The molecule has 0 atom stereocenters. The first kappa shape index (κ1) is 15.1. The number of piperazine rings is 1. The van der Waals surface area contributed by atoms with E-state index in [1.807, 2.05) is 24.3 Å². The van der Waals surface area contributed by atoms with Crippen LogP contribution in [0.1, 0.15) is 10.4 Å². The van der Waals surface area contributed by atoms with Crippen molar-refractivity contribution >= 4 is 11.6 Å². The van der Waals surface area contributed by atoms with Gasteiger partial charge in [-0.1, -0.05) is 0 Å². The quantitative estimate of drug-likeness (QED) is 0.935. The summed E-state index contributed by atoms with van der Waals surface area (Å²) in [4.78, 5) is 20.3. The van der Waals surface area contributed by atoms with Crippen LogP contribution in [0.15, 0.2) is 42.7 Å². The van der Waals surface area contributed by atoms with E-state index in [1.54, 1.807) is 12.0 Å². The second-order valence-electron chi connectivity index (χ2n) is 5.41. The van der Waals surface area contributed by atoms with E-state index in [2.05, 4.69) is 9.88 Å². The molecule has 120 valence electrons. The van der Waals surface area contributed by atoms with E-state index in [9.17, 15) is 9.90 Å². The van der Waals surface area contributed by atoms with Crippen molar-refractivity contribution in [1.29, 1.82) is 0 Å². The number of hydrogen-bond donors (Lipinski definition) is 1. The number of anilines is 1. The largest absolute Gasteiger partial charge is 0.506 e. The Morgan fingerprint density at radius 1 is 1.13 bits per heavy atom. The Morgan fingerprint density at radius 3 is 2.43 bits per heavy atom. The molecule has 1 amide bonds. The Kier molecular flexibility index (Phi) is 4.32. The van der Waals surface area contributed by atoms with Gasteiger partial charge in [0.2, 0.25) is 0 Å². The third-order valence-corrected chi connectivity index (χ3v) is 3.98. The maximum absolute atomic E-state index is 12.4. The van der Waals surface area contributed by atoms with Gasteiger partial charge in [-0.25, -0.2) is 0 Å². The van der Waals surface area contributed by atoms with E-state index in [4.69, 9.17) is 4.74 Å². The van der Waals surface area contributed by atoms with E-state index >= 15 is 0 Å². The van der Waals surface area contributed by atoms with E-state index in [0.717, 1.165) is 24.5 Å². The minimum Gasteiger partial charge on any atom is -0.506 e. The Hall–Kier alpha value is -2.76. The molecule has 1 aliphatic rings. The topological polar surface area (TPSA) is 65.9 Å². The van der Waals surface area contributed by atoms with Crippen LogP contribution >= 0.6 is 0 Å². The lowest BCUT2D eigenvalue weighted by atomic mass is 10.2. The zero-order valence-electron chi connectivity index (χ0n) is 13.0. The molecule has 1 aromatic heterocycles. The highest BCUT2D eigenvalue weighted by atomic mass is 16.5. The molecule has 2 aromatic rings. The van der Waals surface area contributed by atoms with Gasteiger partial charge in [0.25, 0.3) is 5.91 Å². The van der Waals surface area contributed by atoms with E-state index in [0.29, 0.717) is 18.7 Å². The molecule has 0 aliphatic carbocycles. The summed E-state index contributed by atoms with van der Waals surface area (Å²) in [5, 5.41) is 9.44. The first-order chi connectivity index (χ1) is 11.2. The van der Waals surface area contributed by atoms with Gasteiger partial charge in [-0.15, -0.1) is 0 Å². The Bertz CT molecular complexity index is 680. The maximum Gasteiger partial charge on any atom is 0.255 e. The monoisotopic (exact) mass is 313 g/mol. The van der Waals surface area contributed by atoms with Crippen molar-refractivity contribution in [2.75, 3.05) is 38.2 Å².